The fourth-order valence-electron chi connectivity index (χ4n) is 3.97. The Bertz CT molecular complexity index is 1690. The van der Waals surface area contributed by atoms with Gasteiger partial charge in [-0.15, -0.1) is 0 Å². The number of nitrogens with zero attached hydrogens (tertiary/aromatic N) is 5. The second kappa shape index (κ2) is 8.35. The molecule has 0 bridgehead atoms. The van der Waals surface area contributed by atoms with E-state index in [0.29, 0.717) is 39.1 Å². The van der Waals surface area contributed by atoms with Crippen molar-refractivity contribution < 1.29 is 0 Å². The Morgan fingerprint density at radius 3 is 2.62 bits per heavy atom. The Morgan fingerprint density at radius 2 is 1.82 bits per heavy atom. The van der Waals surface area contributed by atoms with Gasteiger partial charge in [0.15, 0.2) is 5.65 Å². The molecule has 5 aromatic rings. The average Bonchev–Trinajstić information content (AvgIpc) is 2.78. The Hall–Kier alpha value is -4.11. The maximum atomic E-state index is 13.7. The van der Waals surface area contributed by atoms with E-state index in [1.165, 1.54) is 10.9 Å². The van der Waals surface area contributed by atoms with Crippen LogP contribution in [0, 0.1) is 13.8 Å². The lowest BCUT2D eigenvalue weighted by atomic mass is 10.1. The molecule has 34 heavy (non-hydrogen) atoms. The molecular formula is C24H20ClN7O2. The lowest BCUT2D eigenvalue weighted by Crippen LogP contribution is -2.28. The van der Waals surface area contributed by atoms with Crippen molar-refractivity contribution in [2.24, 2.45) is 0 Å². The van der Waals surface area contributed by atoms with Gasteiger partial charge < -0.3 is 10.3 Å². The number of fused-ring (bicyclic) bond motifs is 2. The van der Waals surface area contributed by atoms with Crippen molar-refractivity contribution in [2.45, 2.75) is 26.8 Å². The van der Waals surface area contributed by atoms with Gasteiger partial charge in [-0.2, -0.15) is 0 Å². The number of H-pyrrole nitrogens is 1. The van der Waals surface area contributed by atoms with Crippen LogP contribution in [0.3, 0.4) is 0 Å². The lowest BCUT2D eigenvalue weighted by Gasteiger charge is -2.21. The van der Waals surface area contributed by atoms with E-state index in [0.717, 1.165) is 5.56 Å². The SMILES string of the molecule is Cc1cccc(-n2c([C@H](C)Nc3nc(C)nc4nc[nH]c(=O)c34)nc3cccc(Cl)c3c2=O)c1. The quantitative estimate of drug-likeness (QED) is 0.407. The molecular weight excluding hydrogens is 454 g/mol. The standard InChI is InChI=1S/C24H20ClN7O2/c1-12-6-4-7-15(10-12)32-22(31-17-9-5-8-16(25)18(17)24(32)34)13(2)28-21-19-20(29-14(3)30-21)26-11-27-23(19)33/h4-11,13H,1-3H3,(H2,26,27,28,29,30,33)/t13-/m0/s1. The van der Waals surface area contributed by atoms with Gasteiger partial charge in [0.2, 0.25) is 0 Å². The second-order valence-electron chi connectivity index (χ2n) is 8.00. The van der Waals surface area contributed by atoms with E-state index in [2.05, 4.69) is 25.3 Å². The third-order valence-electron chi connectivity index (χ3n) is 5.48. The predicted molar refractivity (Wildman–Crippen MR) is 132 cm³/mol. The fourth-order valence-corrected chi connectivity index (χ4v) is 4.22. The van der Waals surface area contributed by atoms with Gasteiger partial charge in [-0.1, -0.05) is 29.8 Å². The normalized spacial score (nSPS) is 12.2. The largest absolute Gasteiger partial charge is 0.360 e. The number of nitrogens with one attached hydrogen (secondary N) is 2. The highest BCUT2D eigenvalue weighted by Crippen LogP contribution is 2.26. The van der Waals surface area contributed by atoms with E-state index >= 15 is 0 Å². The molecule has 0 amide bonds. The van der Waals surface area contributed by atoms with E-state index in [1.54, 1.807) is 25.1 Å². The van der Waals surface area contributed by atoms with Crippen molar-refractivity contribution in [2.75, 3.05) is 5.32 Å². The first kappa shape index (κ1) is 21.7. The van der Waals surface area contributed by atoms with Crippen LogP contribution in [0.25, 0.3) is 27.6 Å². The highest BCUT2D eigenvalue weighted by atomic mass is 35.5. The van der Waals surface area contributed by atoms with Crippen molar-refractivity contribution in [3.8, 4) is 5.69 Å². The van der Waals surface area contributed by atoms with Crippen LogP contribution >= 0.6 is 11.6 Å². The van der Waals surface area contributed by atoms with E-state index < -0.39 is 6.04 Å². The minimum atomic E-state index is -0.520. The maximum Gasteiger partial charge on any atom is 0.267 e. The summed E-state index contributed by atoms with van der Waals surface area (Å²) in [6.45, 7) is 5.52. The monoisotopic (exact) mass is 473 g/mol. The van der Waals surface area contributed by atoms with Crippen molar-refractivity contribution in [3.63, 3.8) is 0 Å². The zero-order chi connectivity index (χ0) is 24.0. The van der Waals surface area contributed by atoms with Crippen molar-refractivity contribution in [1.82, 2.24) is 29.5 Å². The number of rotatable bonds is 4. The van der Waals surface area contributed by atoms with Crippen LogP contribution in [0.2, 0.25) is 5.02 Å². The molecule has 0 unspecified atom stereocenters. The minimum Gasteiger partial charge on any atom is -0.360 e. The average molecular weight is 474 g/mol. The molecule has 3 aromatic heterocycles. The molecule has 0 saturated heterocycles. The van der Waals surface area contributed by atoms with E-state index in [9.17, 15) is 9.59 Å². The zero-order valence-corrected chi connectivity index (χ0v) is 19.4. The first-order chi connectivity index (χ1) is 16.3. The molecule has 0 spiro atoms. The van der Waals surface area contributed by atoms with Gasteiger partial charge in [0, 0.05) is 0 Å². The van der Waals surface area contributed by atoms with Crippen molar-refractivity contribution >= 4 is 39.4 Å². The van der Waals surface area contributed by atoms with Crippen molar-refractivity contribution in [3.05, 3.63) is 91.7 Å². The highest BCUT2D eigenvalue weighted by Gasteiger charge is 2.21. The van der Waals surface area contributed by atoms with E-state index in [-0.39, 0.29) is 22.2 Å². The van der Waals surface area contributed by atoms with Crippen LogP contribution in [0.15, 0.2) is 58.4 Å². The number of hydrogen-bond acceptors (Lipinski definition) is 7. The fraction of sp³-hybridized carbons (Fsp3) is 0.167. The molecule has 10 heteroatoms. The summed E-state index contributed by atoms with van der Waals surface area (Å²) < 4.78 is 1.54. The summed E-state index contributed by atoms with van der Waals surface area (Å²) in [7, 11) is 0. The molecule has 0 radical (unpaired) electrons. The van der Waals surface area contributed by atoms with Crippen LogP contribution in [-0.2, 0) is 0 Å². The van der Waals surface area contributed by atoms with Gasteiger partial charge in [-0.25, -0.2) is 19.9 Å². The number of benzene rings is 2. The highest BCUT2D eigenvalue weighted by molar-refractivity contribution is 6.35. The summed E-state index contributed by atoms with van der Waals surface area (Å²) in [4.78, 5) is 46.4. The first-order valence-corrected chi connectivity index (χ1v) is 11.0. The summed E-state index contributed by atoms with van der Waals surface area (Å²) >= 11 is 6.38. The minimum absolute atomic E-state index is 0.230. The summed E-state index contributed by atoms with van der Waals surface area (Å²) in [5, 5.41) is 4.15. The molecule has 0 fully saturated rings. The smallest absolute Gasteiger partial charge is 0.267 e. The molecule has 0 aliphatic heterocycles. The molecule has 9 nitrogen and oxygen atoms in total. The van der Waals surface area contributed by atoms with Crippen LogP contribution in [0.5, 0.6) is 0 Å². The summed E-state index contributed by atoms with van der Waals surface area (Å²) in [6, 6.07) is 12.2. The summed E-state index contributed by atoms with van der Waals surface area (Å²) in [5.74, 6) is 1.20. The van der Waals surface area contributed by atoms with Crippen LogP contribution in [-0.4, -0.2) is 29.5 Å². The Labute approximate surface area is 198 Å². The molecule has 170 valence electrons. The molecule has 0 saturated carbocycles. The van der Waals surface area contributed by atoms with Crippen LogP contribution in [0.1, 0.15) is 30.2 Å². The third-order valence-corrected chi connectivity index (χ3v) is 5.80. The van der Waals surface area contributed by atoms with Crippen LogP contribution in [0.4, 0.5) is 5.82 Å². The molecule has 0 aliphatic carbocycles. The van der Waals surface area contributed by atoms with E-state index in [1.807, 2.05) is 38.1 Å². The van der Waals surface area contributed by atoms with E-state index in [4.69, 9.17) is 16.6 Å². The Balaban J connectivity index is 1.74. The lowest BCUT2D eigenvalue weighted by molar-refractivity contribution is 0.731. The molecule has 3 heterocycles. The Morgan fingerprint density at radius 1 is 1.03 bits per heavy atom. The molecule has 1 atom stereocenters. The number of anilines is 1. The molecule has 5 rings (SSSR count). The number of halogens is 1. The van der Waals surface area contributed by atoms with Crippen LogP contribution < -0.4 is 16.4 Å². The summed E-state index contributed by atoms with van der Waals surface area (Å²) in [5.41, 5.74) is 1.76. The van der Waals surface area contributed by atoms with Gasteiger partial charge in [-0.05, 0) is 50.6 Å². The third kappa shape index (κ3) is 3.69. The number of hydrogen-bond donors (Lipinski definition) is 2. The van der Waals surface area contributed by atoms with Gasteiger partial charge in [0.1, 0.15) is 22.9 Å². The van der Waals surface area contributed by atoms with Crippen molar-refractivity contribution in [1.29, 1.82) is 0 Å². The van der Waals surface area contributed by atoms with Gasteiger partial charge in [-0.3, -0.25) is 14.2 Å². The number of aromatic amines is 1. The maximum absolute atomic E-state index is 13.7. The Kier molecular flexibility index (Phi) is 5.33. The first-order valence-electron chi connectivity index (χ1n) is 10.6. The molecule has 2 N–H and O–H groups in total. The van der Waals surface area contributed by atoms with Gasteiger partial charge in [0.25, 0.3) is 11.1 Å². The molecule has 0 aliphatic rings. The topological polar surface area (TPSA) is 118 Å². The second-order valence-corrected chi connectivity index (χ2v) is 8.41. The number of aryl methyl sites for hydroxylation is 2. The van der Waals surface area contributed by atoms with Gasteiger partial charge >= 0.3 is 0 Å². The summed E-state index contributed by atoms with van der Waals surface area (Å²) in [6.07, 6.45) is 1.30. The zero-order valence-electron chi connectivity index (χ0n) is 18.6. The number of aromatic nitrogens is 6. The van der Waals surface area contributed by atoms with Gasteiger partial charge in [0.05, 0.1) is 34.0 Å². The predicted octanol–water partition coefficient (Wildman–Crippen LogP) is 3.86. The molecule has 2 aromatic carbocycles.